The maximum absolute atomic E-state index is 13.0. The van der Waals surface area contributed by atoms with Crippen LogP contribution in [-0.2, 0) is 30.5 Å². The molecule has 32 heavy (non-hydrogen) atoms. The molecule has 0 radical (unpaired) electrons. The molecule has 2 aromatic heterocycles. The molecule has 6 heteroatoms. The number of hydrogen-bond acceptors (Lipinski definition) is 5. The molecular formula is C26H31N3OS2. The average Bonchev–Trinajstić information content (AvgIpc) is 3.20. The highest BCUT2D eigenvalue weighted by Gasteiger charge is 2.25. The van der Waals surface area contributed by atoms with Gasteiger partial charge in [0.1, 0.15) is 15.7 Å². The third-order valence-electron chi connectivity index (χ3n) is 6.76. The minimum Gasteiger partial charge on any atom is -0.339 e. The summed E-state index contributed by atoms with van der Waals surface area (Å²) in [6, 6.07) is 10.9. The van der Waals surface area contributed by atoms with Crippen LogP contribution in [0.4, 0.5) is 0 Å². The lowest BCUT2D eigenvalue weighted by Crippen LogP contribution is -2.42. The first-order valence-electron chi connectivity index (χ1n) is 12.0. The molecule has 1 aliphatic heterocycles. The van der Waals surface area contributed by atoms with Gasteiger partial charge >= 0.3 is 0 Å². The van der Waals surface area contributed by atoms with Gasteiger partial charge < -0.3 is 4.90 Å². The highest BCUT2D eigenvalue weighted by atomic mass is 32.2. The molecule has 1 aliphatic carbocycles. The Kier molecular flexibility index (Phi) is 6.79. The fourth-order valence-electron chi connectivity index (χ4n) is 4.96. The Balaban J connectivity index is 1.40. The molecule has 168 valence electrons. The molecule has 0 N–H and O–H groups in total. The number of rotatable bonds is 6. The first-order chi connectivity index (χ1) is 15.7. The molecule has 0 bridgehead atoms. The van der Waals surface area contributed by atoms with Gasteiger partial charge in [-0.2, -0.15) is 0 Å². The highest BCUT2D eigenvalue weighted by Crippen LogP contribution is 2.40. The number of carbonyl (C=O) groups excluding carboxylic acids is 1. The number of piperidine rings is 1. The largest absolute Gasteiger partial charge is 0.339 e. The summed E-state index contributed by atoms with van der Waals surface area (Å²) in [7, 11) is 0. The third kappa shape index (κ3) is 4.72. The highest BCUT2D eigenvalue weighted by molar-refractivity contribution is 8.00. The third-order valence-corrected chi connectivity index (χ3v) is 8.91. The molecule has 5 rings (SSSR count). The van der Waals surface area contributed by atoms with E-state index in [1.54, 1.807) is 11.8 Å². The number of thioether (sulfide) groups is 1. The molecule has 1 saturated heterocycles. The lowest BCUT2D eigenvalue weighted by molar-refractivity contribution is -0.131. The predicted molar refractivity (Wildman–Crippen MR) is 134 cm³/mol. The van der Waals surface area contributed by atoms with Crippen LogP contribution < -0.4 is 0 Å². The second-order valence-electron chi connectivity index (χ2n) is 9.04. The van der Waals surface area contributed by atoms with E-state index in [4.69, 9.17) is 9.97 Å². The lowest BCUT2D eigenvalue weighted by Gasteiger charge is -2.33. The van der Waals surface area contributed by atoms with Crippen LogP contribution >= 0.6 is 23.1 Å². The summed E-state index contributed by atoms with van der Waals surface area (Å²) >= 11 is 3.48. The zero-order chi connectivity index (χ0) is 21.9. The van der Waals surface area contributed by atoms with Crippen molar-refractivity contribution in [1.82, 2.24) is 14.9 Å². The number of amides is 1. The Labute approximate surface area is 198 Å². The number of benzene rings is 1. The molecule has 2 aliphatic rings. The minimum atomic E-state index is 0.254. The molecule has 1 amide bonds. The fraction of sp³-hybridized carbons (Fsp3) is 0.500. The Bertz CT molecular complexity index is 1100. The normalized spacial score (nSPS) is 18.7. The van der Waals surface area contributed by atoms with E-state index in [0.717, 1.165) is 60.8 Å². The molecule has 0 spiro atoms. The van der Waals surface area contributed by atoms with Gasteiger partial charge in [-0.3, -0.25) is 4.79 Å². The van der Waals surface area contributed by atoms with Crippen molar-refractivity contribution in [2.75, 3.05) is 12.3 Å². The summed E-state index contributed by atoms with van der Waals surface area (Å²) in [5.74, 6) is 1.63. The van der Waals surface area contributed by atoms with E-state index in [1.165, 1.54) is 40.7 Å². The second kappa shape index (κ2) is 9.92. The number of hydrogen-bond donors (Lipinski definition) is 0. The van der Waals surface area contributed by atoms with E-state index in [0.29, 0.717) is 11.8 Å². The zero-order valence-corrected chi connectivity index (χ0v) is 20.4. The smallest absolute Gasteiger partial charge is 0.233 e. The Morgan fingerprint density at radius 2 is 1.94 bits per heavy atom. The summed E-state index contributed by atoms with van der Waals surface area (Å²) < 4.78 is 0. The van der Waals surface area contributed by atoms with Crippen molar-refractivity contribution >= 4 is 39.2 Å². The van der Waals surface area contributed by atoms with E-state index in [1.807, 2.05) is 11.3 Å². The number of nitrogens with zero attached hydrogens (tertiary/aromatic N) is 3. The second-order valence-corrected chi connectivity index (χ2v) is 11.1. The van der Waals surface area contributed by atoms with Crippen LogP contribution in [0.2, 0.25) is 0 Å². The van der Waals surface area contributed by atoms with Crippen molar-refractivity contribution in [2.24, 2.45) is 0 Å². The van der Waals surface area contributed by atoms with Gasteiger partial charge in [0.2, 0.25) is 5.91 Å². The number of aromatic nitrogens is 2. The van der Waals surface area contributed by atoms with Crippen molar-refractivity contribution in [1.29, 1.82) is 0 Å². The van der Waals surface area contributed by atoms with Gasteiger partial charge in [0.05, 0.1) is 5.75 Å². The van der Waals surface area contributed by atoms with Crippen LogP contribution in [0.25, 0.3) is 10.2 Å². The van der Waals surface area contributed by atoms with Crippen LogP contribution in [0.1, 0.15) is 60.9 Å². The quantitative estimate of drug-likeness (QED) is 0.338. The van der Waals surface area contributed by atoms with Crippen molar-refractivity contribution in [2.45, 2.75) is 75.8 Å². The Morgan fingerprint density at radius 3 is 2.78 bits per heavy atom. The van der Waals surface area contributed by atoms with Crippen LogP contribution in [0.3, 0.4) is 0 Å². The van der Waals surface area contributed by atoms with E-state index in [-0.39, 0.29) is 5.91 Å². The van der Waals surface area contributed by atoms with Gasteiger partial charge in [-0.25, -0.2) is 9.97 Å². The van der Waals surface area contributed by atoms with Crippen LogP contribution in [0.5, 0.6) is 0 Å². The predicted octanol–water partition coefficient (Wildman–Crippen LogP) is 5.85. The molecule has 4 nitrogen and oxygen atoms in total. The fourth-order valence-corrected chi connectivity index (χ4v) is 7.27. The van der Waals surface area contributed by atoms with E-state index < -0.39 is 0 Å². The lowest BCUT2D eigenvalue weighted by atomic mass is 9.97. The Hall–Kier alpha value is -1.92. The number of carbonyl (C=O) groups is 1. The summed E-state index contributed by atoms with van der Waals surface area (Å²) in [5, 5.41) is 2.26. The van der Waals surface area contributed by atoms with Gasteiger partial charge in [-0.05, 0) is 69.4 Å². The molecule has 1 fully saturated rings. The Morgan fingerprint density at radius 1 is 1.09 bits per heavy atom. The first kappa shape index (κ1) is 21.9. The summed E-state index contributed by atoms with van der Waals surface area (Å²) in [5.41, 5.74) is 2.76. The zero-order valence-electron chi connectivity index (χ0n) is 18.8. The SMILES string of the molecule is C[C@H]1CCCCN1C(=O)CSc1nc(CCc2ccccc2)nc2sc3c(c12)CCCC3. The van der Waals surface area contributed by atoms with Crippen LogP contribution in [0, 0.1) is 0 Å². The van der Waals surface area contributed by atoms with E-state index in [9.17, 15) is 4.79 Å². The van der Waals surface area contributed by atoms with Gasteiger partial charge in [-0.1, -0.05) is 42.1 Å². The standard InChI is InChI=1S/C26H31N3OS2/c1-18-9-7-8-16-29(18)23(30)17-31-25-24-20-12-5-6-13-21(20)32-26(24)28-22(27-25)15-14-19-10-3-2-4-11-19/h2-4,10-11,18H,5-9,12-17H2,1H3/t18-/m0/s1. The summed E-state index contributed by atoms with van der Waals surface area (Å²) in [6.07, 6.45) is 10.0. The van der Waals surface area contributed by atoms with E-state index >= 15 is 0 Å². The van der Waals surface area contributed by atoms with Gasteiger partial charge in [0, 0.05) is 29.3 Å². The molecule has 3 heterocycles. The van der Waals surface area contributed by atoms with Crippen LogP contribution in [-0.4, -0.2) is 39.1 Å². The molecular weight excluding hydrogens is 434 g/mol. The minimum absolute atomic E-state index is 0.254. The number of fused-ring (bicyclic) bond motifs is 3. The summed E-state index contributed by atoms with van der Waals surface area (Å²) in [4.78, 5) is 27.7. The van der Waals surface area contributed by atoms with Crippen molar-refractivity contribution < 1.29 is 4.79 Å². The number of aryl methyl sites for hydroxylation is 4. The van der Waals surface area contributed by atoms with Gasteiger partial charge in [0.15, 0.2) is 0 Å². The molecule has 3 aromatic rings. The first-order valence-corrected chi connectivity index (χ1v) is 13.8. The van der Waals surface area contributed by atoms with Crippen molar-refractivity contribution in [3.63, 3.8) is 0 Å². The molecule has 1 aromatic carbocycles. The van der Waals surface area contributed by atoms with Crippen molar-refractivity contribution in [3.8, 4) is 0 Å². The van der Waals surface area contributed by atoms with E-state index in [2.05, 4.69) is 42.2 Å². The van der Waals surface area contributed by atoms with Gasteiger partial charge in [-0.15, -0.1) is 11.3 Å². The monoisotopic (exact) mass is 465 g/mol. The van der Waals surface area contributed by atoms with Crippen LogP contribution in [0.15, 0.2) is 35.4 Å². The molecule has 0 unspecified atom stereocenters. The maximum atomic E-state index is 13.0. The number of thiophene rings is 1. The average molecular weight is 466 g/mol. The van der Waals surface area contributed by atoms with Gasteiger partial charge in [0.25, 0.3) is 0 Å². The number of likely N-dealkylation sites (tertiary alicyclic amines) is 1. The molecule has 1 atom stereocenters. The molecule has 0 saturated carbocycles. The maximum Gasteiger partial charge on any atom is 0.233 e. The van der Waals surface area contributed by atoms with Crippen molar-refractivity contribution in [3.05, 3.63) is 52.2 Å². The summed E-state index contributed by atoms with van der Waals surface area (Å²) in [6.45, 7) is 3.08. The topological polar surface area (TPSA) is 46.1 Å².